The molecule has 0 saturated heterocycles. The number of aromatic nitrogens is 5. The highest BCUT2D eigenvalue weighted by Gasteiger charge is 2.18. The van der Waals surface area contributed by atoms with Gasteiger partial charge in [-0.2, -0.15) is 10.4 Å². The second kappa shape index (κ2) is 9.98. The van der Waals surface area contributed by atoms with Crippen LogP contribution < -0.4 is 5.32 Å². The molecule has 3 aromatic heterocycles. The second-order valence-electron chi connectivity index (χ2n) is 6.99. The molecule has 1 amide bonds. The minimum absolute atomic E-state index is 0.146. The van der Waals surface area contributed by atoms with Crippen LogP contribution in [0.3, 0.4) is 0 Å². The van der Waals surface area contributed by atoms with Gasteiger partial charge < -0.3 is 9.73 Å². The number of nitrogens with one attached hydrogen (secondary N) is 1. The van der Waals surface area contributed by atoms with Crippen molar-refractivity contribution in [1.29, 1.82) is 5.26 Å². The number of benzene rings is 1. The summed E-state index contributed by atoms with van der Waals surface area (Å²) in [7, 11) is 0. The number of rotatable bonds is 9. The minimum atomic E-state index is -0.193. The number of carbonyl (C=O) groups excluding carboxylic acids is 1. The summed E-state index contributed by atoms with van der Waals surface area (Å²) in [5.74, 6) is 1.74. The number of amides is 1. The molecule has 9 nitrogen and oxygen atoms in total. The maximum atomic E-state index is 12.6. The van der Waals surface area contributed by atoms with Gasteiger partial charge in [0, 0.05) is 6.07 Å². The zero-order valence-corrected chi connectivity index (χ0v) is 18.2. The van der Waals surface area contributed by atoms with Gasteiger partial charge in [-0.25, -0.2) is 4.68 Å². The topological polar surface area (TPSA) is 115 Å². The zero-order valence-electron chi connectivity index (χ0n) is 17.4. The van der Waals surface area contributed by atoms with Gasteiger partial charge in [-0.15, -0.1) is 10.2 Å². The predicted octanol–water partition coefficient (Wildman–Crippen LogP) is 3.74. The maximum Gasteiger partial charge on any atom is 0.235 e. The molecular formula is C22H21N7O2S. The summed E-state index contributed by atoms with van der Waals surface area (Å²) in [4.78, 5) is 12.6. The molecule has 0 aliphatic rings. The smallest absolute Gasteiger partial charge is 0.235 e. The lowest BCUT2D eigenvalue weighted by Gasteiger charge is -2.10. The van der Waals surface area contributed by atoms with Crippen molar-refractivity contribution in [3.8, 4) is 17.7 Å². The molecule has 4 rings (SSSR count). The Morgan fingerprint density at radius 3 is 2.81 bits per heavy atom. The fourth-order valence-corrected chi connectivity index (χ4v) is 3.91. The molecule has 0 unspecified atom stereocenters. The molecule has 32 heavy (non-hydrogen) atoms. The van der Waals surface area contributed by atoms with Gasteiger partial charge in [0.05, 0.1) is 43.3 Å². The summed E-state index contributed by atoms with van der Waals surface area (Å²) in [6, 6.07) is 17.5. The summed E-state index contributed by atoms with van der Waals surface area (Å²) in [6.45, 7) is 2.81. The minimum Gasteiger partial charge on any atom is -0.461 e. The van der Waals surface area contributed by atoms with E-state index in [9.17, 15) is 4.79 Å². The first-order chi connectivity index (χ1) is 15.6. The Morgan fingerprint density at radius 1 is 1.22 bits per heavy atom. The van der Waals surface area contributed by atoms with E-state index in [4.69, 9.17) is 9.68 Å². The van der Waals surface area contributed by atoms with E-state index in [-0.39, 0.29) is 11.7 Å². The van der Waals surface area contributed by atoms with Crippen molar-refractivity contribution in [2.45, 2.75) is 31.6 Å². The summed E-state index contributed by atoms with van der Waals surface area (Å²) in [6.07, 6.45) is 1.91. The molecule has 1 N–H and O–H groups in total. The molecule has 3 heterocycles. The van der Waals surface area contributed by atoms with Crippen LogP contribution in [-0.4, -0.2) is 36.2 Å². The van der Waals surface area contributed by atoms with Crippen molar-refractivity contribution < 1.29 is 9.21 Å². The van der Waals surface area contributed by atoms with E-state index < -0.39 is 0 Å². The van der Waals surface area contributed by atoms with E-state index in [1.165, 1.54) is 11.8 Å². The molecule has 4 aromatic rings. The Bertz CT molecular complexity index is 1220. The summed E-state index contributed by atoms with van der Waals surface area (Å²) in [5, 5.41) is 25.2. The monoisotopic (exact) mass is 447 g/mol. The van der Waals surface area contributed by atoms with Gasteiger partial charge in [-0.1, -0.05) is 42.1 Å². The molecule has 162 valence electrons. The van der Waals surface area contributed by atoms with Gasteiger partial charge in [0.1, 0.15) is 5.82 Å². The van der Waals surface area contributed by atoms with E-state index in [1.54, 1.807) is 23.1 Å². The van der Waals surface area contributed by atoms with Gasteiger partial charge in [0.2, 0.25) is 11.7 Å². The van der Waals surface area contributed by atoms with Crippen LogP contribution in [-0.2, 0) is 17.9 Å². The number of carbonyl (C=O) groups is 1. The van der Waals surface area contributed by atoms with E-state index >= 15 is 0 Å². The quantitative estimate of drug-likeness (QED) is 0.389. The van der Waals surface area contributed by atoms with Crippen molar-refractivity contribution in [2.24, 2.45) is 0 Å². The highest BCUT2D eigenvalue weighted by atomic mass is 32.2. The first-order valence-corrected chi connectivity index (χ1v) is 11.0. The van der Waals surface area contributed by atoms with Gasteiger partial charge in [-0.3, -0.25) is 9.36 Å². The molecule has 0 saturated carbocycles. The molecule has 0 spiro atoms. The van der Waals surface area contributed by atoms with Crippen LogP contribution in [0.15, 0.2) is 64.4 Å². The van der Waals surface area contributed by atoms with Crippen molar-refractivity contribution >= 4 is 23.5 Å². The van der Waals surface area contributed by atoms with Crippen LogP contribution in [0.2, 0.25) is 0 Å². The highest BCUT2D eigenvalue weighted by Crippen LogP contribution is 2.25. The number of thioether (sulfide) groups is 1. The Balaban J connectivity index is 1.48. The van der Waals surface area contributed by atoms with E-state index in [1.807, 2.05) is 47.9 Å². The van der Waals surface area contributed by atoms with Crippen LogP contribution in [0.5, 0.6) is 0 Å². The average Bonchev–Trinajstić information content (AvgIpc) is 3.52. The first-order valence-electron chi connectivity index (χ1n) is 9.99. The van der Waals surface area contributed by atoms with Gasteiger partial charge in [0.25, 0.3) is 0 Å². The van der Waals surface area contributed by atoms with Crippen LogP contribution in [0.25, 0.3) is 11.6 Å². The Labute approximate surface area is 189 Å². The number of furan rings is 1. The molecule has 0 bridgehead atoms. The third kappa shape index (κ3) is 5.07. The Morgan fingerprint density at radius 2 is 2.06 bits per heavy atom. The molecule has 0 fully saturated rings. The highest BCUT2D eigenvalue weighted by molar-refractivity contribution is 7.99. The largest absolute Gasteiger partial charge is 0.461 e. The summed E-state index contributed by atoms with van der Waals surface area (Å²) in [5.41, 5.74) is 1.86. The molecule has 0 atom stereocenters. The standard InChI is InChI=1S/C22H21N7O2S/c1-16-13-19(29(27-16)11-6-10-23)24-20(30)15-32-22-26-25-21(18-9-5-12-31-18)28(22)14-17-7-3-2-4-8-17/h2-5,7-9,12-13H,6,11,14-15H2,1H3,(H,24,30). The van der Waals surface area contributed by atoms with Crippen LogP contribution in [0.1, 0.15) is 17.7 Å². The van der Waals surface area contributed by atoms with E-state index in [0.29, 0.717) is 42.1 Å². The first kappa shape index (κ1) is 21.4. The van der Waals surface area contributed by atoms with E-state index in [2.05, 4.69) is 26.7 Å². The fraction of sp³-hybridized carbons (Fsp3) is 0.227. The number of anilines is 1. The van der Waals surface area contributed by atoms with Crippen molar-refractivity contribution in [1.82, 2.24) is 24.5 Å². The SMILES string of the molecule is Cc1cc(NC(=O)CSc2nnc(-c3ccco3)n2Cc2ccccc2)n(CCC#N)n1. The van der Waals surface area contributed by atoms with Gasteiger partial charge in [-0.05, 0) is 24.6 Å². The molecule has 0 aliphatic heterocycles. The maximum absolute atomic E-state index is 12.6. The fourth-order valence-electron chi connectivity index (χ4n) is 3.17. The number of hydrogen-bond donors (Lipinski definition) is 1. The number of nitriles is 1. The van der Waals surface area contributed by atoms with E-state index in [0.717, 1.165) is 11.3 Å². The molecule has 10 heteroatoms. The Kier molecular flexibility index (Phi) is 6.67. The van der Waals surface area contributed by atoms with Crippen LogP contribution >= 0.6 is 11.8 Å². The van der Waals surface area contributed by atoms with Crippen molar-refractivity contribution in [2.75, 3.05) is 11.1 Å². The van der Waals surface area contributed by atoms with Gasteiger partial charge in [0.15, 0.2) is 10.9 Å². The van der Waals surface area contributed by atoms with Crippen LogP contribution in [0.4, 0.5) is 5.82 Å². The van der Waals surface area contributed by atoms with Crippen LogP contribution in [0, 0.1) is 18.3 Å². The predicted molar refractivity (Wildman–Crippen MR) is 120 cm³/mol. The summed E-state index contributed by atoms with van der Waals surface area (Å²) < 4.78 is 9.09. The lowest BCUT2D eigenvalue weighted by molar-refractivity contribution is -0.113. The average molecular weight is 448 g/mol. The molecule has 0 aliphatic carbocycles. The second-order valence-corrected chi connectivity index (χ2v) is 7.94. The lowest BCUT2D eigenvalue weighted by Crippen LogP contribution is -2.18. The lowest BCUT2D eigenvalue weighted by atomic mass is 10.2. The molecule has 0 radical (unpaired) electrons. The molecule has 1 aromatic carbocycles. The third-order valence-electron chi connectivity index (χ3n) is 4.58. The van der Waals surface area contributed by atoms with Crippen molar-refractivity contribution in [3.63, 3.8) is 0 Å². The Hall–Kier alpha value is -3.84. The van der Waals surface area contributed by atoms with Gasteiger partial charge >= 0.3 is 0 Å². The zero-order chi connectivity index (χ0) is 22.3. The third-order valence-corrected chi connectivity index (χ3v) is 5.55. The number of nitrogens with zero attached hydrogens (tertiary/aromatic N) is 6. The number of hydrogen-bond acceptors (Lipinski definition) is 7. The number of aryl methyl sites for hydroxylation is 2. The molecular weight excluding hydrogens is 426 g/mol. The van der Waals surface area contributed by atoms with Crippen molar-refractivity contribution in [3.05, 3.63) is 66.1 Å². The normalized spacial score (nSPS) is 10.8. The summed E-state index contributed by atoms with van der Waals surface area (Å²) >= 11 is 1.30.